The van der Waals surface area contributed by atoms with Gasteiger partial charge in [0.25, 0.3) is 5.91 Å². The summed E-state index contributed by atoms with van der Waals surface area (Å²) in [5.41, 5.74) is 1.41. The van der Waals surface area contributed by atoms with Gasteiger partial charge in [-0.05, 0) is 111 Å². The van der Waals surface area contributed by atoms with Crippen molar-refractivity contribution in [3.05, 3.63) is 35.0 Å². The van der Waals surface area contributed by atoms with Crippen molar-refractivity contribution in [2.45, 2.75) is 76.4 Å². The van der Waals surface area contributed by atoms with E-state index in [1.54, 1.807) is 0 Å². The fraction of sp³-hybridized carbons (Fsp3) is 0.679. The van der Waals surface area contributed by atoms with Crippen molar-refractivity contribution < 1.29 is 9.90 Å². The van der Waals surface area contributed by atoms with Crippen molar-refractivity contribution >= 4 is 28.4 Å². The largest absolute Gasteiger partial charge is 0.388 e. The van der Waals surface area contributed by atoms with Crippen molar-refractivity contribution in [1.82, 2.24) is 9.88 Å². The van der Waals surface area contributed by atoms with Crippen molar-refractivity contribution in [2.24, 2.45) is 35.0 Å². The van der Waals surface area contributed by atoms with Crippen LogP contribution in [0.4, 0.5) is 0 Å². The number of amides is 1. The Kier molecular flexibility index (Phi) is 4.57. The van der Waals surface area contributed by atoms with Crippen molar-refractivity contribution in [2.75, 3.05) is 6.54 Å². The molecule has 0 saturated heterocycles. The summed E-state index contributed by atoms with van der Waals surface area (Å²) >= 11 is 6.59. The van der Waals surface area contributed by atoms with Crippen LogP contribution in [-0.2, 0) is 6.54 Å². The summed E-state index contributed by atoms with van der Waals surface area (Å²) in [5.74, 6) is 4.20. The maximum atomic E-state index is 13.3. The Labute approximate surface area is 201 Å². The highest BCUT2D eigenvalue weighted by Crippen LogP contribution is 2.61. The number of benzene rings is 1. The number of aromatic nitrogens is 1. The normalized spacial score (nSPS) is 40.4. The van der Waals surface area contributed by atoms with Gasteiger partial charge in [0.1, 0.15) is 0 Å². The molecule has 1 aromatic heterocycles. The van der Waals surface area contributed by atoms with Gasteiger partial charge in [-0.25, -0.2) is 0 Å². The van der Waals surface area contributed by atoms with Crippen LogP contribution in [0.3, 0.4) is 0 Å². The van der Waals surface area contributed by atoms with Crippen molar-refractivity contribution in [1.29, 1.82) is 0 Å². The zero-order valence-corrected chi connectivity index (χ0v) is 20.1. The lowest BCUT2D eigenvalue weighted by atomic mass is 9.49. The first-order valence-corrected chi connectivity index (χ1v) is 13.5. The molecular weight excluding hydrogens is 432 g/mol. The van der Waals surface area contributed by atoms with E-state index in [9.17, 15) is 9.90 Å². The van der Waals surface area contributed by atoms with Crippen LogP contribution in [0.25, 0.3) is 10.9 Å². The number of aliphatic hydroxyl groups is 1. The first-order chi connectivity index (χ1) is 15.9. The van der Waals surface area contributed by atoms with E-state index in [1.807, 2.05) is 24.4 Å². The van der Waals surface area contributed by atoms with Crippen LogP contribution >= 0.6 is 11.6 Å². The molecule has 176 valence electrons. The van der Waals surface area contributed by atoms with E-state index in [4.69, 9.17) is 11.6 Å². The molecule has 6 aliphatic rings. The van der Waals surface area contributed by atoms with Crippen molar-refractivity contribution in [3.8, 4) is 0 Å². The van der Waals surface area contributed by atoms with Gasteiger partial charge in [0.05, 0.1) is 28.2 Å². The molecule has 5 heteroatoms. The summed E-state index contributed by atoms with van der Waals surface area (Å²) in [7, 11) is 0. The van der Waals surface area contributed by atoms with Gasteiger partial charge in [-0.2, -0.15) is 0 Å². The monoisotopic (exact) mass is 466 g/mol. The number of rotatable bonds is 6. The second kappa shape index (κ2) is 7.24. The third-order valence-corrected chi connectivity index (χ3v) is 10.3. The van der Waals surface area contributed by atoms with E-state index < -0.39 is 5.60 Å². The molecule has 4 bridgehead atoms. The third kappa shape index (κ3) is 3.55. The van der Waals surface area contributed by atoms with E-state index >= 15 is 0 Å². The predicted octanol–water partition coefficient (Wildman–Crippen LogP) is 5.79. The third-order valence-electron chi connectivity index (χ3n) is 10.0. The fourth-order valence-corrected chi connectivity index (χ4v) is 9.33. The molecular formula is C28H35ClN2O2. The number of nitrogens with zero attached hydrogens (tertiary/aromatic N) is 1. The number of carbonyl (C=O) groups excluding carboxylic acids is 1. The molecule has 0 aliphatic heterocycles. The zero-order valence-electron chi connectivity index (χ0n) is 19.4. The van der Waals surface area contributed by atoms with Crippen LogP contribution in [0.2, 0.25) is 5.02 Å². The second-order valence-electron chi connectivity index (χ2n) is 12.6. The summed E-state index contributed by atoms with van der Waals surface area (Å²) in [5, 5.41) is 15.8. The molecule has 2 atom stereocenters. The van der Waals surface area contributed by atoms with Crippen LogP contribution < -0.4 is 5.32 Å². The molecule has 2 aromatic rings. The van der Waals surface area contributed by atoms with Gasteiger partial charge >= 0.3 is 0 Å². The van der Waals surface area contributed by atoms with Gasteiger partial charge < -0.3 is 15.0 Å². The summed E-state index contributed by atoms with van der Waals surface area (Å²) in [6.45, 7) is 1.28. The van der Waals surface area contributed by atoms with Gasteiger partial charge in [-0.15, -0.1) is 0 Å². The van der Waals surface area contributed by atoms with E-state index in [1.165, 1.54) is 44.9 Å². The molecule has 8 rings (SSSR count). The highest BCUT2D eigenvalue weighted by molar-refractivity contribution is 6.36. The fourth-order valence-electron chi connectivity index (χ4n) is 9.06. The Hall–Kier alpha value is -1.52. The Morgan fingerprint density at radius 3 is 2.36 bits per heavy atom. The highest BCUT2D eigenvalue weighted by atomic mass is 35.5. The van der Waals surface area contributed by atoms with Gasteiger partial charge in [0.15, 0.2) is 0 Å². The lowest BCUT2D eigenvalue weighted by molar-refractivity contribution is -0.0564. The van der Waals surface area contributed by atoms with Crippen molar-refractivity contribution in [3.63, 3.8) is 0 Å². The minimum Gasteiger partial charge on any atom is -0.388 e. The smallest absolute Gasteiger partial charge is 0.253 e. The predicted molar refractivity (Wildman–Crippen MR) is 130 cm³/mol. The Bertz CT molecular complexity index is 1080. The first-order valence-electron chi connectivity index (χ1n) is 13.2. The number of halogens is 1. The van der Waals surface area contributed by atoms with Crippen LogP contribution in [-0.4, -0.2) is 27.7 Å². The minimum atomic E-state index is -0.659. The molecule has 2 unspecified atom stereocenters. The molecule has 1 heterocycles. The summed E-state index contributed by atoms with van der Waals surface area (Å²) in [4.78, 5) is 13.3. The van der Waals surface area contributed by atoms with Crippen LogP contribution in [0.5, 0.6) is 0 Å². The first kappa shape index (κ1) is 20.8. The highest BCUT2D eigenvalue weighted by Gasteiger charge is 2.53. The van der Waals surface area contributed by atoms with Gasteiger partial charge in [0, 0.05) is 18.1 Å². The Morgan fingerprint density at radius 2 is 1.70 bits per heavy atom. The number of fused-ring (bicyclic) bond motifs is 2. The quantitative estimate of drug-likeness (QED) is 0.565. The van der Waals surface area contributed by atoms with E-state index in [0.29, 0.717) is 34.4 Å². The summed E-state index contributed by atoms with van der Waals surface area (Å²) in [6.07, 6.45) is 14.6. The molecule has 6 saturated carbocycles. The van der Waals surface area contributed by atoms with E-state index in [-0.39, 0.29) is 5.91 Å². The van der Waals surface area contributed by atoms with E-state index in [2.05, 4.69) is 9.88 Å². The lowest BCUT2D eigenvalue weighted by Crippen LogP contribution is -2.47. The number of nitrogens with one attached hydrogen (secondary N) is 1. The molecule has 6 aliphatic carbocycles. The average molecular weight is 467 g/mol. The maximum Gasteiger partial charge on any atom is 0.253 e. The Balaban J connectivity index is 1.09. The SMILES string of the molecule is O=C(NCCC12CC3CC(CC(C3)C1)C2)c1cn(CC2(O)CC3CC3C2)c2cccc(Cl)c12. The standard InChI is InChI=1S/C28H35ClN2O2/c29-23-2-1-3-24-25(23)22(15-31(24)16-28(33)13-20-9-21(20)14-28)26(32)30-5-4-27-10-17-6-18(11-27)8-19(7-17)12-27/h1-3,15,17-21,33H,4-14,16H2,(H,30,32). The molecule has 33 heavy (non-hydrogen) atoms. The molecule has 1 amide bonds. The van der Waals surface area contributed by atoms with Crippen LogP contribution in [0.1, 0.15) is 74.6 Å². The second-order valence-corrected chi connectivity index (χ2v) is 13.0. The van der Waals surface area contributed by atoms with Gasteiger partial charge in [0.2, 0.25) is 0 Å². The molecule has 0 spiro atoms. The van der Waals surface area contributed by atoms with Gasteiger partial charge in [-0.3, -0.25) is 4.79 Å². The van der Waals surface area contributed by atoms with E-state index in [0.717, 1.165) is 54.5 Å². The topological polar surface area (TPSA) is 54.3 Å². The zero-order chi connectivity index (χ0) is 22.4. The lowest BCUT2D eigenvalue weighted by Gasteiger charge is -2.57. The van der Waals surface area contributed by atoms with Gasteiger partial charge in [-0.1, -0.05) is 17.7 Å². The Morgan fingerprint density at radius 1 is 1.03 bits per heavy atom. The molecule has 6 fully saturated rings. The summed E-state index contributed by atoms with van der Waals surface area (Å²) < 4.78 is 2.07. The number of hydrogen-bond donors (Lipinski definition) is 2. The average Bonchev–Trinajstić information content (AvgIpc) is 3.20. The number of hydrogen-bond acceptors (Lipinski definition) is 2. The summed E-state index contributed by atoms with van der Waals surface area (Å²) in [6, 6.07) is 5.82. The molecule has 4 nitrogen and oxygen atoms in total. The molecule has 0 radical (unpaired) electrons. The molecule has 1 aromatic carbocycles. The van der Waals surface area contributed by atoms with Crippen LogP contribution in [0.15, 0.2) is 24.4 Å². The molecule has 2 N–H and O–H groups in total. The maximum absolute atomic E-state index is 13.3. The number of carbonyl (C=O) groups is 1. The minimum absolute atomic E-state index is 0.0298. The van der Waals surface area contributed by atoms with Crippen LogP contribution in [0, 0.1) is 35.0 Å².